The summed E-state index contributed by atoms with van der Waals surface area (Å²) < 4.78 is 5.79. The maximum Gasteiger partial charge on any atom is 0.213 e. The maximum absolute atomic E-state index is 12.4. The molecule has 0 amide bonds. The molecule has 33 heavy (non-hydrogen) atoms. The van der Waals surface area contributed by atoms with Crippen LogP contribution in [0.4, 0.5) is 0 Å². The summed E-state index contributed by atoms with van der Waals surface area (Å²) in [6.07, 6.45) is 9.61. The van der Waals surface area contributed by atoms with E-state index in [2.05, 4.69) is 21.2 Å². The minimum absolute atomic E-state index is 0.158. The monoisotopic (exact) mass is 470 g/mol. The first kappa shape index (κ1) is 24.3. The van der Waals surface area contributed by atoms with Gasteiger partial charge in [0.25, 0.3) is 0 Å². The van der Waals surface area contributed by atoms with Crippen LogP contribution in [-0.2, 0) is 24.1 Å². The Labute approximate surface area is 202 Å². The first-order valence-electron chi connectivity index (χ1n) is 12.6. The molecule has 0 unspecified atom stereocenters. The molecule has 0 bridgehead atoms. The van der Waals surface area contributed by atoms with Gasteiger partial charge in [0.1, 0.15) is 15.8 Å². The maximum atomic E-state index is 12.4. The van der Waals surface area contributed by atoms with Crippen LogP contribution in [0.2, 0.25) is 0 Å². The van der Waals surface area contributed by atoms with E-state index < -0.39 is 0 Å². The van der Waals surface area contributed by atoms with Crippen LogP contribution in [0.5, 0.6) is 5.88 Å². The Hall–Kier alpha value is -1.86. The normalized spacial score (nSPS) is 21.6. The molecule has 7 heteroatoms. The number of aromatic nitrogens is 3. The molecule has 2 aliphatic rings. The Kier molecular flexibility index (Phi) is 8.47. The van der Waals surface area contributed by atoms with E-state index >= 15 is 0 Å². The molecule has 1 aliphatic heterocycles. The zero-order valence-electron chi connectivity index (χ0n) is 20.4. The van der Waals surface area contributed by atoms with Crippen LogP contribution in [0.1, 0.15) is 73.6 Å². The Balaban J connectivity index is 1.16. The van der Waals surface area contributed by atoms with Gasteiger partial charge in [0.2, 0.25) is 5.88 Å². The third-order valence-corrected chi connectivity index (χ3v) is 7.85. The first-order chi connectivity index (χ1) is 15.9. The van der Waals surface area contributed by atoms with E-state index in [1.165, 1.54) is 49.9 Å². The summed E-state index contributed by atoms with van der Waals surface area (Å²) in [5.41, 5.74) is 2.59. The Bertz CT molecular complexity index is 921. The van der Waals surface area contributed by atoms with Gasteiger partial charge in [0.15, 0.2) is 0 Å². The number of fused-ring (bicyclic) bond motifs is 1. The van der Waals surface area contributed by atoms with E-state index in [0.29, 0.717) is 24.5 Å². The molecule has 1 aliphatic carbocycles. The largest absolute Gasteiger partial charge is 0.475 e. The first-order valence-corrected chi connectivity index (χ1v) is 13.4. The molecule has 180 valence electrons. The van der Waals surface area contributed by atoms with Crippen molar-refractivity contribution in [3.8, 4) is 5.88 Å². The highest BCUT2D eigenvalue weighted by molar-refractivity contribution is 7.11. The molecular weight excluding hydrogens is 432 g/mol. The highest BCUT2D eigenvalue weighted by Gasteiger charge is 2.24. The van der Waals surface area contributed by atoms with Crippen molar-refractivity contribution in [2.45, 2.75) is 84.7 Å². The molecule has 3 heterocycles. The number of pyridine rings is 1. The minimum atomic E-state index is 0.158. The van der Waals surface area contributed by atoms with Crippen LogP contribution < -0.4 is 4.74 Å². The number of Topliss-reactive ketones (excluding diaryl/α,β-unsaturated/α-hetero) is 1. The van der Waals surface area contributed by atoms with Crippen molar-refractivity contribution in [1.82, 2.24) is 20.1 Å². The van der Waals surface area contributed by atoms with Crippen molar-refractivity contribution in [3.05, 3.63) is 33.4 Å². The third kappa shape index (κ3) is 7.31. The predicted octanol–water partition coefficient (Wildman–Crippen LogP) is 4.83. The molecular formula is C26H38N4O2S. The van der Waals surface area contributed by atoms with Crippen LogP contribution in [0.15, 0.2) is 12.1 Å². The number of hydrogen-bond acceptors (Lipinski definition) is 7. The van der Waals surface area contributed by atoms with E-state index in [0.717, 1.165) is 47.7 Å². The lowest BCUT2D eigenvalue weighted by molar-refractivity contribution is -0.119. The lowest BCUT2D eigenvalue weighted by Crippen LogP contribution is -2.29. The van der Waals surface area contributed by atoms with E-state index in [1.54, 1.807) is 11.3 Å². The van der Waals surface area contributed by atoms with E-state index in [4.69, 9.17) is 9.72 Å². The van der Waals surface area contributed by atoms with Gasteiger partial charge in [0.05, 0.1) is 12.5 Å². The summed E-state index contributed by atoms with van der Waals surface area (Å²) in [4.78, 5) is 19.8. The number of nitrogens with zero attached hydrogens (tertiary/aromatic N) is 4. The van der Waals surface area contributed by atoms with Crippen molar-refractivity contribution in [3.63, 3.8) is 0 Å². The van der Waals surface area contributed by atoms with Gasteiger partial charge in [-0.3, -0.25) is 4.79 Å². The third-order valence-electron chi connectivity index (χ3n) is 7.01. The molecule has 0 N–H and O–H groups in total. The van der Waals surface area contributed by atoms with Crippen LogP contribution in [-0.4, -0.2) is 51.6 Å². The number of ether oxygens (including phenoxy) is 1. The fourth-order valence-corrected chi connectivity index (χ4v) is 5.94. The minimum Gasteiger partial charge on any atom is -0.475 e. The van der Waals surface area contributed by atoms with Gasteiger partial charge < -0.3 is 9.64 Å². The zero-order chi connectivity index (χ0) is 23.2. The van der Waals surface area contributed by atoms with E-state index in [-0.39, 0.29) is 6.10 Å². The quantitative estimate of drug-likeness (QED) is 0.523. The Morgan fingerprint density at radius 1 is 1.12 bits per heavy atom. The molecule has 0 aromatic carbocycles. The average molecular weight is 471 g/mol. The molecule has 2 aromatic heterocycles. The highest BCUT2D eigenvalue weighted by atomic mass is 32.1. The van der Waals surface area contributed by atoms with Gasteiger partial charge in [-0.05, 0) is 70.4 Å². The predicted molar refractivity (Wildman–Crippen MR) is 132 cm³/mol. The molecule has 4 rings (SSSR count). The van der Waals surface area contributed by atoms with Gasteiger partial charge in [0, 0.05) is 37.7 Å². The summed E-state index contributed by atoms with van der Waals surface area (Å²) in [6.45, 7) is 9.40. The van der Waals surface area contributed by atoms with Crippen LogP contribution in [0.3, 0.4) is 0 Å². The second-order valence-corrected chi connectivity index (χ2v) is 11.3. The van der Waals surface area contributed by atoms with Gasteiger partial charge in [-0.25, -0.2) is 4.98 Å². The number of carbonyl (C=O) groups is 1. The molecule has 1 fully saturated rings. The molecule has 2 aromatic rings. The van der Waals surface area contributed by atoms with E-state index in [9.17, 15) is 4.79 Å². The molecule has 0 spiro atoms. The molecule has 6 nitrogen and oxygen atoms in total. The number of carbonyl (C=O) groups excluding carboxylic acids is 1. The summed E-state index contributed by atoms with van der Waals surface area (Å²) in [6, 6.07) is 4.23. The van der Waals surface area contributed by atoms with Crippen molar-refractivity contribution in [1.29, 1.82) is 0 Å². The zero-order valence-corrected chi connectivity index (χ0v) is 21.2. The summed E-state index contributed by atoms with van der Waals surface area (Å²) >= 11 is 1.54. The van der Waals surface area contributed by atoms with Gasteiger partial charge in [-0.2, -0.15) is 0 Å². The van der Waals surface area contributed by atoms with Crippen molar-refractivity contribution >= 4 is 17.1 Å². The molecule has 0 atom stereocenters. The van der Waals surface area contributed by atoms with Gasteiger partial charge in [-0.1, -0.05) is 18.9 Å². The Morgan fingerprint density at radius 2 is 1.88 bits per heavy atom. The fourth-order valence-electron chi connectivity index (χ4n) is 5.20. The van der Waals surface area contributed by atoms with Crippen LogP contribution >= 0.6 is 11.3 Å². The second-order valence-electron chi connectivity index (χ2n) is 10.1. The standard InChI is InChI=1S/C26H38N4O2S/c1-18(2)32-25-9-8-22-11-14-30(15-12-24(22)27-25)13-10-20-4-6-21(7-5-20)16-23(31)17-26-29-28-19(3)33-26/h8-9,18,20-21H,4-7,10-17H2,1-3H3. The van der Waals surface area contributed by atoms with Crippen molar-refractivity contribution in [2.75, 3.05) is 19.6 Å². The molecule has 0 radical (unpaired) electrons. The van der Waals surface area contributed by atoms with Crippen LogP contribution in [0, 0.1) is 18.8 Å². The van der Waals surface area contributed by atoms with Gasteiger partial charge in [-0.15, -0.1) is 21.5 Å². The lowest BCUT2D eigenvalue weighted by Gasteiger charge is -2.30. The van der Waals surface area contributed by atoms with Gasteiger partial charge >= 0.3 is 0 Å². The van der Waals surface area contributed by atoms with Crippen LogP contribution in [0.25, 0.3) is 0 Å². The van der Waals surface area contributed by atoms with E-state index in [1.807, 2.05) is 26.8 Å². The number of rotatable bonds is 9. The fraction of sp³-hybridized carbons (Fsp3) is 0.692. The number of ketones is 1. The Morgan fingerprint density at radius 3 is 2.61 bits per heavy atom. The molecule has 1 saturated carbocycles. The summed E-state index contributed by atoms with van der Waals surface area (Å²) in [5, 5.41) is 9.92. The SMILES string of the molecule is Cc1nnc(CC(=O)CC2CCC(CCN3CCc4ccc(OC(C)C)nc4CC3)CC2)s1. The van der Waals surface area contributed by atoms with Crippen molar-refractivity contribution < 1.29 is 9.53 Å². The second kappa shape index (κ2) is 11.5. The summed E-state index contributed by atoms with van der Waals surface area (Å²) in [5.74, 6) is 2.45. The number of hydrogen-bond donors (Lipinski definition) is 0. The smallest absolute Gasteiger partial charge is 0.213 e. The topological polar surface area (TPSA) is 68.2 Å². The molecule has 0 saturated heterocycles. The van der Waals surface area contributed by atoms with Crippen molar-refractivity contribution in [2.24, 2.45) is 11.8 Å². The lowest BCUT2D eigenvalue weighted by atomic mass is 9.78. The average Bonchev–Trinajstić information content (AvgIpc) is 3.07. The summed E-state index contributed by atoms with van der Waals surface area (Å²) in [7, 11) is 0. The number of aryl methyl sites for hydroxylation is 1. The highest BCUT2D eigenvalue weighted by Crippen LogP contribution is 2.33.